The van der Waals surface area contributed by atoms with Crippen LogP contribution in [0.5, 0.6) is 5.75 Å². The minimum atomic E-state index is 0.287. The number of anilines is 1. The fraction of sp³-hybridized carbons (Fsp3) is 0.211. The maximum atomic E-state index is 10.6. The number of nitrogens with one attached hydrogen (secondary N) is 1. The highest BCUT2D eigenvalue weighted by Crippen LogP contribution is 2.34. The van der Waals surface area contributed by atoms with Crippen LogP contribution >= 0.6 is 0 Å². The molecule has 110 valence electrons. The van der Waals surface area contributed by atoms with E-state index in [1.54, 1.807) is 0 Å². The zero-order valence-corrected chi connectivity index (χ0v) is 12.3. The summed E-state index contributed by atoms with van der Waals surface area (Å²) in [7, 11) is 0. The van der Waals surface area contributed by atoms with Crippen LogP contribution in [0, 0.1) is 0 Å². The summed E-state index contributed by atoms with van der Waals surface area (Å²) in [6.45, 7) is 0. The maximum Gasteiger partial charge on any atom is 0.148 e. The summed E-state index contributed by atoms with van der Waals surface area (Å²) in [5.74, 6) is 0.287. The summed E-state index contributed by atoms with van der Waals surface area (Å²) in [5, 5.41) is 15.9. The molecule has 1 aliphatic carbocycles. The van der Waals surface area contributed by atoms with Gasteiger partial charge in [-0.2, -0.15) is 0 Å². The van der Waals surface area contributed by atoms with Crippen molar-refractivity contribution in [2.75, 3.05) is 5.32 Å². The Labute approximate surface area is 129 Å². The van der Waals surface area contributed by atoms with Crippen molar-refractivity contribution in [1.29, 1.82) is 0 Å². The van der Waals surface area contributed by atoms with E-state index in [0.717, 1.165) is 40.3 Å². The Balaban J connectivity index is 1.80. The van der Waals surface area contributed by atoms with Crippen LogP contribution in [-0.2, 0) is 0 Å². The first-order valence-electron chi connectivity index (χ1n) is 7.76. The van der Waals surface area contributed by atoms with E-state index in [9.17, 15) is 5.11 Å². The van der Waals surface area contributed by atoms with Crippen LogP contribution < -0.4 is 5.32 Å². The molecule has 0 amide bonds. The zero-order valence-electron chi connectivity index (χ0n) is 12.3. The van der Waals surface area contributed by atoms with E-state index >= 15 is 0 Å². The third-order valence-corrected chi connectivity index (χ3v) is 4.27. The van der Waals surface area contributed by atoms with Crippen LogP contribution in [0.25, 0.3) is 21.8 Å². The van der Waals surface area contributed by atoms with Gasteiger partial charge in [-0.15, -0.1) is 0 Å². The quantitative estimate of drug-likeness (QED) is 0.411. The maximum absolute atomic E-state index is 10.6. The Morgan fingerprint density at radius 3 is 2.86 bits per heavy atom. The van der Waals surface area contributed by atoms with Crippen LogP contribution in [0.15, 0.2) is 54.6 Å². The smallest absolute Gasteiger partial charge is 0.148 e. The lowest BCUT2D eigenvalue weighted by Crippen LogP contribution is -2.18. The van der Waals surface area contributed by atoms with Gasteiger partial charge in [0.2, 0.25) is 0 Å². The van der Waals surface area contributed by atoms with Crippen LogP contribution in [-0.4, -0.2) is 16.1 Å². The van der Waals surface area contributed by atoms with Crippen molar-refractivity contribution in [2.45, 2.75) is 25.3 Å². The van der Waals surface area contributed by atoms with Crippen LogP contribution in [0.4, 0.5) is 5.69 Å². The van der Waals surface area contributed by atoms with E-state index in [4.69, 9.17) is 0 Å². The molecule has 0 aliphatic heterocycles. The van der Waals surface area contributed by atoms with E-state index in [0.29, 0.717) is 6.04 Å². The number of fused-ring (bicyclic) bond motifs is 2. The number of benzene rings is 2. The number of aromatic nitrogens is 1. The highest BCUT2D eigenvalue weighted by Gasteiger charge is 2.13. The molecular formula is C19H18N2O. The Hall–Kier alpha value is -2.55. The predicted octanol–water partition coefficient (Wildman–Crippen LogP) is 4.61. The van der Waals surface area contributed by atoms with Gasteiger partial charge in [0.1, 0.15) is 5.75 Å². The summed E-state index contributed by atoms with van der Waals surface area (Å²) < 4.78 is 0. The number of phenols is 1. The van der Waals surface area contributed by atoms with Crippen LogP contribution in [0.1, 0.15) is 19.3 Å². The second-order valence-electron chi connectivity index (χ2n) is 5.82. The minimum Gasteiger partial charge on any atom is -0.505 e. The molecule has 1 atom stereocenters. The number of phenolic OH excluding ortho intramolecular Hbond substituents is 1. The number of rotatable bonds is 2. The summed E-state index contributed by atoms with van der Waals surface area (Å²) >= 11 is 0. The number of hydrogen-bond donors (Lipinski definition) is 2. The molecule has 0 spiro atoms. The van der Waals surface area contributed by atoms with Gasteiger partial charge in [-0.3, -0.25) is 0 Å². The van der Waals surface area contributed by atoms with Gasteiger partial charge in [-0.05, 0) is 43.5 Å². The van der Waals surface area contributed by atoms with Gasteiger partial charge >= 0.3 is 0 Å². The number of allylic oxidation sites excluding steroid dienone is 1. The lowest BCUT2D eigenvalue weighted by atomic mass is 10.0. The first-order valence-corrected chi connectivity index (χ1v) is 7.76. The molecule has 2 aromatic carbocycles. The lowest BCUT2D eigenvalue weighted by molar-refractivity contribution is 0.482. The summed E-state index contributed by atoms with van der Waals surface area (Å²) in [4.78, 5) is 4.62. The molecule has 3 nitrogen and oxygen atoms in total. The van der Waals surface area contributed by atoms with E-state index in [1.165, 1.54) is 6.42 Å². The monoisotopic (exact) mass is 290 g/mol. The van der Waals surface area contributed by atoms with Crippen molar-refractivity contribution < 1.29 is 5.11 Å². The van der Waals surface area contributed by atoms with Gasteiger partial charge in [0.05, 0.1) is 16.7 Å². The standard InChI is InChI=1S/C19H18N2O/c22-19-15-12-13-6-4-5-9-16(13)21-17(15)10-11-18(19)20-14-7-2-1-3-8-14/h2,4-7,9-12,14,20,22H,1,3,8H2. The first kappa shape index (κ1) is 13.1. The molecule has 1 unspecified atom stereocenters. The molecular weight excluding hydrogens is 272 g/mol. The largest absolute Gasteiger partial charge is 0.505 e. The van der Waals surface area contributed by atoms with Crippen molar-refractivity contribution in [1.82, 2.24) is 4.98 Å². The topological polar surface area (TPSA) is 45.1 Å². The molecule has 1 aromatic heterocycles. The third kappa shape index (κ3) is 2.29. The fourth-order valence-corrected chi connectivity index (χ4v) is 3.08. The fourth-order valence-electron chi connectivity index (χ4n) is 3.08. The van der Waals surface area contributed by atoms with Crippen molar-refractivity contribution in [3.63, 3.8) is 0 Å². The van der Waals surface area contributed by atoms with E-state index in [-0.39, 0.29) is 5.75 Å². The second kappa shape index (κ2) is 5.34. The van der Waals surface area contributed by atoms with Gasteiger partial charge in [0.15, 0.2) is 0 Å². The Morgan fingerprint density at radius 2 is 2.00 bits per heavy atom. The molecule has 3 heteroatoms. The zero-order chi connectivity index (χ0) is 14.9. The van der Waals surface area contributed by atoms with Crippen molar-refractivity contribution in [3.8, 4) is 5.75 Å². The van der Waals surface area contributed by atoms with Gasteiger partial charge in [-0.1, -0.05) is 30.4 Å². The average Bonchev–Trinajstić information content (AvgIpc) is 2.57. The number of aromatic hydroxyl groups is 1. The Kier molecular flexibility index (Phi) is 3.19. The number of nitrogens with zero attached hydrogens (tertiary/aromatic N) is 1. The van der Waals surface area contributed by atoms with Crippen LogP contribution in [0.3, 0.4) is 0 Å². The SMILES string of the molecule is Oc1c(NC2C=CCCC2)ccc2nc3ccccc3cc12. The van der Waals surface area contributed by atoms with Crippen molar-refractivity contribution in [3.05, 3.63) is 54.6 Å². The van der Waals surface area contributed by atoms with Crippen molar-refractivity contribution in [2.24, 2.45) is 0 Å². The number of hydrogen-bond acceptors (Lipinski definition) is 3. The molecule has 0 radical (unpaired) electrons. The molecule has 4 rings (SSSR count). The molecule has 22 heavy (non-hydrogen) atoms. The highest BCUT2D eigenvalue weighted by atomic mass is 16.3. The van der Waals surface area contributed by atoms with E-state index < -0.39 is 0 Å². The summed E-state index contributed by atoms with van der Waals surface area (Å²) in [5.41, 5.74) is 2.55. The molecule has 3 aromatic rings. The van der Waals surface area contributed by atoms with Gasteiger partial charge in [0.25, 0.3) is 0 Å². The van der Waals surface area contributed by atoms with Gasteiger partial charge in [0, 0.05) is 16.8 Å². The van der Waals surface area contributed by atoms with E-state index in [1.807, 2.05) is 42.5 Å². The molecule has 0 bridgehead atoms. The Bertz CT molecular complexity index is 870. The van der Waals surface area contributed by atoms with E-state index in [2.05, 4.69) is 22.5 Å². The molecule has 0 saturated heterocycles. The molecule has 0 saturated carbocycles. The number of pyridine rings is 1. The molecule has 1 aliphatic rings. The molecule has 0 fully saturated rings. The normalized spacial score (nSPS) is 17.9. The average molecular weight is 290 g/mol. The summed E-state index contributed by atoms with van der Waals surface area (Å²) in [6.07, 6.45) is 7.83. The number of para-hydroxylation sites is 1. The first-order chi connectivity index (χ1) is 10.8. The summed E-state index contributed by atoms with van der Waals surface area (Å²) in [6, 6.07) is 14.2. The van der Waals surface area contributed by atoms with Gasteiger partial charge < -0.3 is 10.4 Å². The predicted molar refractivity (Wildman–Crippen MR) is 91.3 cm³/mol. The Morgan fingerprint density at radius 1 is 1.09 bits per heavy atom. The third-order valence-electron chi connectivity index (χ3n) is 4.27. The second-order valence-corrected chi connectivity index (χ2v) is 5.82. The minimum absolute atomic E-state index is 0.287. The van der Waals surface area contributed by atoms with Crippen molar-refractivity contribution >= 4 is 27.5 Å². The molecule has 1 heterocycles. The lowest BCUT2D eigenvalue weighted by Gasteiger charge is -2.20. The van der Waals surface area contributed by atoms with Gasteiger partial charge in [-0.25, -0.2) is 4.98 Å². The van der Waals surface area contributed by atoms with Crippen LogP contribution in [0.2, 0.25) is 0 Å². The molecule has 2 N–H and O–H groups in total. The highest BCUT2D eigenvalue weighted by molar-refractivity contribution is 5.98.